The van der Waals surface area contributed by atoms with Gasteiger partial charge >= 0.3 is 5.97 Å². The van der Waals surface area contributed by atoms with Gasteiger partial charge in [-0.2, -0.15) is 0 Å². The molecular weight excluding hydrogens is 314 g/mol. The quantitative estimate of drug-likeness (QED) is 0.275. The van der Waals surface area contributed by atoms with Crippen molar-refractivity contribution in [3.05, 3.63) is 48.0 Å². The van der Waals surface area contributed by atoms with Crippen LogP contribution < -0.4 is 0 Å². The highest BCUT2D eigenvalue weighted by Gasteiger charge is 2.34. The van der Waals surface area contributed by atoms with Crippen LogP contribution in [-0.2, 0) is 19.0 Å². The summed E-state index contributed by atoms with van der Waals surface area (Å²) in [6.07, 6.45) is 1.09. The van der Waals surface area contributed by atoms with Crippen LogP contribution in [0.15, 0.2) is 36.9 Å². The van der Waals surface area contributed by atoms with Crippen molar-refractivity contribution in [2.75, 3.05) is 39.6 Å². The minimum absolute atomic E-state index is 0.153. The van der Waals surface area contributed by atoms with E-state index in [2.05, 4.69) is 6.58 Å². The first kappa shape index (κ1) is 17.8. The first-order chi connectivity index (χ1) is 11.6. The van der Waals surface area contributed by atoms with Gasteiger partial charge in [0, 0.05) is 6.08 Å². The molecule has 0 spiro atoms. The summed E-state index contributed by atoms with van der Waals surface area (Å²) in [7, 11) is 0. The Kier molecular flexibility index (Phi) is 6.65. The molecule has 7 nitrogen and oxygen atoms in total. The Hall–Kier alpha value is -2.51. The summed E-state index contributed by atoms with van der Waals surface area (Å²) in [4.78, 5) is 36.2. The third-order valence-electron chi connectivity index (χ3n) is 3.35. The summed E-state index contributed by atoms with van der Waals surface area (Å²) in [5.41, 5.74) is 0.861. The Morgan fingerprint density at radius 1 is 0.958 bits per heavy atom. The van der Waals surface area contributed by atoms with Crippen molar-refractivity contribution < 1.29 is 28.6 Å². The zero-order valence-corrected chi connectivity index (χ0v) is 13.2. The first-order valence-electron chi connectivity index (χ1n) is 7.55. The molecule has 24 heavy (non-hydrogen) atoms. The van der Waals surface area contributed by atoms with Crippen LogP contribution in [0.2, 0.25) is 0 Å². The maximum atomic E-state index is 12.1. The van der Waals surface area contributed by atoms with E-state index in [4.69, 9.17) is 14.2 Å². The summed E-state index contributed by atoms with van der Waals surface area (Å²) in [5, 5.41) is 0. The number of carbonyl (C=O) groups excluding carboxylic acids is 3. The zero-order chi connectivity index (χ0) is 17.4. The van der Waals surface area contributed by atoms with Gasteiger partial charge in [-0.1, -0.05) is 18.7 Å². The van der Waals surface area contributed by atoms with E-state index in [1.807, 2.05) is 0 Å². The van der Waals surface area contributed by atoms with E-state index < -0.39 is 5.97 Å². The highest BCUT2D eigenvalue weighted by atomic mass is 16.6. The van der Waals surface area contributed by atoms with E-state index in [9.17, 15) is 14.4 Å². The number of fused-ring (bicyclic) bond motifs is 1. The second kappa shape index (κ2) is 8.95. The number of imide groups is 1. The lowest BCUT2D eigenvalue weighted by Crippen LogP contribution is -2.33. The number of esters is 1. The van der Waals surface area contributed by atoms with Gasteiger partial charge in [0.25, 0.3) is 11.8 Å². The summed E-state index contributed by atoms with van der Waals surface area (Å²) in [6, 6.07) is 6.74. The topological polar surface area (TPSA) is 82.1 Å². The van der Waals surface area contributed by atoms with Crippen LogP contribution in [0.3, 0.4) is 0 Å². The molecule has 2 amide bonds. The van der Waals surface area contributed by atoms with Gasteiger partial charge in [0.15, 0.2) is 0 Å². The monoisotopic (exact) mass is 333 g/mol. The van der Waals surface area contributed by atoms with Gasteiger partial charge in [-0.25, -0.2) is 4.79 Å². The molecule has 0 saturated carbocycles. The van der Waals surface area contributed by atoms with Crippen LogP contribution in [0.4, 0.5) is 0 Å². The maximum Gasteiger partial charge on any atom is 0.330 e. The lowest BCUT2D eigenvalue weighted by molar-refractivity contribution is -0.139. The molecular formula is C17H19NO6. The fourth-order valence-electron chi connectivity index (χ4n) is 2.18. The SMILES string of the molecule is C=CC(=O)OCCOCCOCCN1C(=O)c2ccccc2C1=O. The van der Waals surface area contributed by atoms with Crippen molar-refractivity contribution in [3.8, 4) is 0 Å². The Morgan fingerprint density at radius 3 is 2.08 bits per heavy atom. The molecule has 128 valence electrons. The summed E-state index contributed by atoms with van der Waals surface area (Å²) in [6.45, 7) is 4.78. The lowest BCUT2D eigenvalue weighted by atomic mass is 10.1. The van der Waals surface area contributed by atoms with Crippen molar-refractivity contribution in [2.45, 2.75) is 0 Å². The molecule has 0 radical (unpaired) electrons. The maximum absolute atomic E-state index is 12.1. The Labute approximate surface area is 139 Å². The number of rotatable bonds is 10. The van der Waals surface area contributed by atoms with Gasteiger partial charge in [0.05, 0.1) is 44.1 Å². The van der Waals surface area contributed by atoms with Crippen LogP contribution in [0.5, 0.6) is 0 Å². The predicted molar refractivity (Wildman–Crippen MR) is 84.6 cm³/mol. The van der Waals surface area contributed by atoms with Gasteiger partial charge < -0.3 is 14.2 Å². The van der Waals surface area contributed by atoms with E-state index in [-0.39, 0.29) is 38.2 Å². The molecule has 0 fully saturated rings. The van der Waals surface area contributed by atoms with E-state index in [1.54, 1.807) is 24.3 Å². The first-order valence-corrected chi connectivity index (χ1v) is 7.55. The Balaban J connectivity index is 1.57. The van der Waals surface area contributed by atoms with Gasteiger partial charge in [-0.15, -0.1) is 0 Å². The van der Waals surface area contributed by atoms with Crippen molar-refractivity contribution in [1.82, 2.24) is 4.90 Å². The highest BCUT2D eigenvalue weighted by molar-refractivity contribution is 6.21. The summed E-state index contributed by atoms with van der Waals surface area (Å²) < 4.78 is 15.3. The molecule has 0 unspecified atom stereocenters. The molecule has 0 atom stereocenters. The molecule has 1 aliphatic rings. The summed E-state index contributed by atoms with van der Waals surface area (Å²) in [5.74, 6) is -1.07. The molecule has 0 aliphatic carbocycles. The molecule has 1 aromatic carbocycles. The molecule has 2 rings (SSSR count). The van der Waals surface area contributed by atoms with Crippen LogP contribution in [0, 0.1) is 0 Å². The van der Waals surface area contributed by atoms with Crippen molar-refractivity contribution in [1.29, 1.82) is 0 Å². The van der Waals surface area contributed by atoms with Crippen LogP contribution >= 0.6 is 0 Å². The molecule has 1 heterocycles. The molecule has 7 heteroatoms. The number of ether oxygens (including phenoxy) is 3. The number of carbonyl (C=O) groups is 3. The average Bonchev–Trinajstić information content (AvgIpc) is 2.85. The van der Waals surface area contributed by atoms with E-state index in [1.165, 1.54) is 4.90 Å². The normalized spacial score (nSPS) is 13.1. The van der Waals surface area contributed by atoms with E-state index in [0.29, 0.717) is 24.3 Å². The van der Waals surface area contributed by atoms with Gasteiger partial charge in [0.1, 0.15) is 6.61 Å². The second-order valence-electron chi connectivity index (χ2n) is 4.90. The minimum atomic E-state index is -0.490. The number of hydrogen-bond acceptors (Lipinski definition) is 6. The molecule has 1 aliphatic heterocycles. The molecule has 0 bridgehead atoms. The molecule has 0 saturated heterocycles. The Morgan fingerprint density at radius 2 is 1.50 bits per heavy atom. The van der Waals surface area contributed by atoms with Gasteiger partial charge in [-0.05, 0) is 12.1 Å². The van der Waals surface area contributed by atoms with Crippen molar-refractivity contribution >= 4 is 17.8 Å². The molecule has 0 aromatic heterocycles. The predicted octanol–water partition coefficient (Wildman–Crippen LogP) is 1.04. The van der Waals surface area contributed by atoms with Gasteiger partial charge in [0.2, 0.25) is 0 Å². The summed E-state index contributed by atoms with van der Waals surface area (Å²) >= 11 is 0. The van der Waals surface area contributed by atoms with Crippen molar-refractivity contribution in [3.63, 3.8) is 0 Å². The average molecular weight is 333 g/mol. The smallest absolute Gasteiger partial charge is 0.330 e. The zero-order valence-electron chi connectivity index (χ0n) is 13.2. The second-order valence-corrected chi connectivity index (χ2v) is 4.90. The van der Waals surface area contributed by atoms with Crippen LogP contribution in [-0.4, -0.2) is 62.3 Å². The number of benzene rings is 1. The van der Waals surface area contributed by atoms with Crippen LogP contribution in [0.25, 0.3) is 0 Å². The standard InChI is InChI=1S/C17H19NO6/c1-2-15(19)24-12-11-23-10-9-22-8-7-18-16(20)13-5-3-4-6-14(13)17(18)21/h2-6H,1,7-12H2. The number of nitrogens with zero attached hydrogens (tertiary/aromatic N) is 1. The third-order valence-corrected chi connectivity index (χ3v) is 3.35. The Bertz CT molecular complexity index is 592. The number of hydrogen-bond donors (Lipinski definition) is 0. The van der Waals surface area contributed by atoms with E-state index in [0.717, 1.165) is 6.08 Å². The molecule has 0 N–H and O–H groups in total. The highest BCUT2D eigenvalue weighted by Crippen LogP contribution is 2.21. The van der Waals surface area contributed by atoms with Crippen LogP contribution in [0.1, 0.15) is 20.7 Å². The van der Waals surface area contributed by atoms with E-state index >= 15 is 0 Å². The largest absolute Gasteiger partial charge is 0.460 e. The molecule has 1 aromatic rings. The van der Waals surface area contributed by atoms with Crippen molar-refractivity contribution in [2.24, 2.45) is 0 Å². The fourth-order valence-corrected chi connectivity index (χ4v) is 2.18. The van der Waals surface area contributed by atoms with Gasteiger partial charge in [-0.3, -0.25) is 14.5 Å². The third kappa shape index (κ3) is 4.50. The fraction of sp³-hybridized carbons (Fsp3) is 0.353. The number of amides is 2. The minimum Gasteiger partial charge on any atom is -0.460 e. The lowest BCUT2D eigenvalue weighted by Gasteiger charge is -2.13.